The lowest BCUT2D eigenvalue weighted by molar-refractivity contribution is -0.129. The summed E-state index contributed by atoms with van der Waals surface area (Å²) in [5, 5.41) is 3.28. The van der Waals surface area contributed by atoms with E-state index in [1.807, 2.05) is 17.0 Å². The van der Waals surface area contributed by atoms with E-state index in [0.29, 0.717) is 19.1 Å². The van der Waals surface area contributed by atoms with Crippen molar-refractivity contribution in [3.63, 3.8) is 0 Å². The molecule has 1 unspecified atom stereocenters. The van der Waals surface area contributed by atoms with Crippen molar-refractivity contribution < 1.29 is 9.59 Å². The standard InChI is InChI=1S/C23H33N3O2/c27-22(26-15-7-9-18-8-4-5-13-21(18)26)17-25-14-6-10-19(16-25)23(28)24-20-11-2-1-3-12-20/h4-5,8,13,19-20H,1-3,6-7,9-12,14-17H2,(H,24,28). The van der Waals surface area contributed by atoms with Crippen molar-refractivity contribution in [1.82, 2.24) is 10.2 Å². The topological polar surface area (TPSA) is 52.7 Å². The third-order valence-electron chi connectivity index (χ3n) is 6.60. The van der Waals surface area contributed by atoms with Gasteiger partial charge in [0.1, 0.15) is 0 Å². The first-order valence-corrected chi connectivity index (χ1v) is 11.1. The maximum absolute atomic E-state index is 13.0. The van der Waals surface area contributed by atoms with Crippen LogP contribution in [0.3, 0.4) is 0 Å². The van der Waals surface area contributed by atoms with E-state index in [9.17, 15) is 9.59 Å². The Morgan fingerprint density at radius 3 is 2.64 bits per heavy atom. The third-order valence-corrected chi connectivity index (χ3v) is 6.60. The number of para-hydroxylation sites is 1. The first-order valence-electron chi connectivity index (χ1n) is 11.1. The van der Waals surface area contributed by atoms with Crippen LogP contribution in [0.5, 0.6) is 0 Å². The maximum atomic E-state index is 13.0. The molecule has 1 aromatic rings. The van der Waals surface area contributed by atoms with Gasteiger partial charge in [-0.1, -0.05) is 37.5 Å². The minimum Gasteiger partial charge on any atom is -0.353 e. The molecule has 2 heterocycles. The van der Waals surface area contributed by atoms with Crippen molar-refractivity contribution in [2.75, 3.05) is 31.1 Å². The molecule has 4 rings (SSSR count). The number of hydrogen-bond acceptors (Lipinski definition) is 3. The number of aryl methyl sites for hydroxylation is 1. The number of nitrogens with one attached hydrogen (secondary N) is 1. The molecule has 1 aromatic carbocycles. The van der Waals surface area contributed by atoms with Crippen molar-refractivity contribution in [3.8, 4) is 0 Å². The van der Waals surface area contributed by atoms with Gasteiger partial charge in [-0.05, 0) is 56.7 Å². The molecule has 1 N–H and O–H groups in total. The molecule has 152 valence electrons. The number of likely N-dealkylation sites (tertiary alicyclic amines) is 1. The Kier molecular flexibility index (Phi) is 6.30. The normalized spacial score (nSPS) is 23.9. The molecule has 5 nitrogen and oxygen atoms in total. The largest absolute Gasteiger partial charge is 0.353 e. The number of fused-ring (bicyclic) bond motifs is 1. The maximum Gasteiger partial charge on any atom is 0.241 e. The van der Waals surface area contributed by atoms with Crippen LogP contribution in [-0.4, -0.2) is 48.9 Å². The Balaban J connectivity index is 1.32. The Morgan fingerprint density at radius 1 is 0.964 bits per heavy atom. The number of nitrogens with zero attached hydrogens (tertiary/aromatic N) is 2. The van der Waals surface area contributed by atoms with Crippen LogP contribution >= 0.6 is 0 Å². The predicted octanol–water partition coefficient (Wildman–Crippen LogP) is 3.13. The molecule has 3 aliphatic rings. The van der Waals surface area contributed by atoms with Gasteiger partial charge in [-0.15, -0.1) is 0 Å². The quantitative estimate of drug-likeness (QED) is 0.869. The minimum absolute atomic E-state index is 0.0251. The third kappa shape index (κ3) is 4.57. The molecule has 28 heavy (non-hydrogen) atoms. The van der Waals surface area contributed by atoms with Gasteiger partial charge in [-0.3, -0.25) is 14.5 Å². The zero-order valence-corrected chi connectivity index (χ0v) is 16.9. The fraction of sp³-hybridized carbons (Fsp3) is 0.652. The Bertz CT molecular complexity index is 699. The van der Waals surface area contributed by atoms with Crippen molar-refractivity contribution in [2.45, 2.75) is 63.8 Å². The second-order valence-corrected chi connectivity index (χ2v) is 8.70. The first-order chi connectivity index (χ1) is 13.7. The summed E-state index contributed by atoms with van der Waals surface area (Å²) in [6, 6.07) is 8.61. The van der Waals surface area contributed by atoms with Crippen LogP contribution in [0.4, 0.5) is 5.69 Å². The van der Waals surface area contributed by atoms with E-state index in [1.165, 1.54) is 24.8 Å². The molecule has 1 saturated carbocycles. The van der Waals surface area contributed by atoms with Crippen LogP contribution in [0.1, 0.15) is 56.9 Å². The van der Waals surface area contributed by atoms with Gasteiger partial charge in [0.25, 0.3) is 0 Å². The smallest absolute Gasteiger partial charge is 0.241 e. The SMILES string of the molecule is O=C(NC1CCCCC1)C1CCCN(CC(=O)N2CCCc3ccccc32)C1. The number of amides is 2. The van der Waals surface area contributed by atoms with E-state index in [0.717, 1.165) is 57.3 Å². The van der Waals surface area contributed by atoms with E-state index in [-0.39, 0.29) is 17.7 Å². The fourth-order valence-corrected chi connectivity index (χ4v) is 5.05. The van der Waals surface area contributed by atoms with Gasteiger partial charge < -0.3 is 10.2 Å². The van der Waals surface area contributed by atoms with Crippen LogP contribution < -0.4 is 10.2 Å². The summed E-state index contributed by atoms with van der Waals surface area (Å²) in [6.07, 6.45) is 10.0. The number of hydrogen-bond donors (Lipinski definition) is 1. The molecule has 2 aliphatic heterocycles. The molecule has 1 atom stereocenters. The average molecular weight is 384 g/mol. The fourth-order valence-electron chi connectivity index (χ4n) is 5.05. The van der Waals surface area contributed by atoms with Crippen LogP contribution in [0.25, 0.3) is 0 Å². The second-order valence-electron chi connectivity index (χ2n) is 8.70. The number of carbonyl (C=O) groups excluding carboxylic acids is 2. The van der Waals surface area contributed by atoms with E-state index in [1.54, 1.807) is 0 Å². The van der Waals surface area contributed by atoms with Crippen LogP contribution in [0.2, 0.25) is 0 Å². The molecular weight excluding hydrogens is 350 g/mol. The van der Waals surface area contributed by atoms with E-state index in [2.05, 4.69) is 22.3 Å². The van der Waals surface area contributed by atoms with Crippen molar-refractivity contribution >= 4 is 17.5 Å². The molecule has 0 radical (unpaired) electrons. The highest BCUT2D eigenvalue weighted by Crippen LogP contribution is 2.27. The van der Waals surface area contributed by atoms with E-state index in [4.69, 9.17) is 0 Å². The van der Waals surface area contributed by atoms with Crippen LogP contribution in [0, 0.1) is 5.92 Å². The highest BCUT2D eigenvalue weighted by molar-refractivity contribution is 5.96. The number of rotatable bonds is 4. The van der Waals surface area contributed by atoms with Crippen molar-refractivity contribution in [3.05, 3.63) is 29.8 Å². The molecule has 2 fully saturated rings. The molecular formula is C23H33N3O2. The van der Waals surface area contributed by atoms with E-state index >= 15 is 0 Å². The Hall–Kier alpha value is -1.88. The molecule has 0 aromatic heterocycles. The van der Waals surface area contributed by atoms with Gasteiger partial charge in [-0.25, -0.2) is 0 Å². The zero-order valence-electron chi connectivity index (χ0n) is 16.9. The summed E-state index contributed by atoms with van der Waals surface area (Å²) >= 11 is 0. The highest BCUT2D eigenvalue weighted by atomic mass is 16.2. The molecule has 1 saturated heterocycles. The highest BCUT2D eigenvalue weighted by Gasteiger charge is 2.30. The number of anilines is 1. The molecule has 5 heteroatoms. The van der Waals surface area contributed by atoms with E-state index < -0.39 is 0 Å². The van der Waals surface area contributed by atoms with Gasteiger partial charge in [-0.2, -0.15) is 0 Å². The summed E-state index contributed by atoms with van der Waals surface area (Å²) in [6.45, 7) is 2.84. The lowest BCUT2D eigenvalue weighted by Gasteiger charge is -2.35. The van der Waals surface area contributed by atoms with Crippen molar-refractivity contribution in [1.29, 1.82) is 0 Å². The van der Waals surface area contributed by atoms with Crippen LogP contribution in [-0.2, 0) is 16.0 Å². The predicted molar refractivity (Wildman–Crippen MR) is 111 cm³/mol. The van der Waals surface area contributed by atoms with Gasteiger partial charge in [0.05, 0.1) is 12.5 Å². The number of piperidine rings is 1. The van der Waals surface area contributed by atoms with Crippen LogP contribution in [0.15, 0.2) is 24.3 Å². The average Bonchev–Trinajstić information content (AvgIpc) is 2.74. The molecule has 2 amide bonds. The number of benzene rings is 1. The lowest BCUT2D eigenvalue weighted by atomic mass is 9.93. The molecule has 0 spiro atoms. The summed E-state index contributed by atoms with van der Waals surface area (Å²) in [5.74, 6) is 0.393. The molecule has 0 bridgehead atoms. The van der Waals surface area contributed by atoms with Gasteiger partial charge in [0.15, 0.2) is 0 Å². The van der Waals surface area contributed by atoms with Gasteiger partial charge in [0, 0.05) is 24.8 Å². The lowest BCUT2D eigenvalue weighted by Crippen LogP contribution is -2.49. The summed E-state index contributed by atoms with van der Waals surface area (Å²) in [4.78, 5) is 29.9. The summed E-state index contributed by atoms with van der Waals surface area (Å²) in [7, 11) is 0. The zero-order chi connectivity index (χ0) is 19.3. The second kappa shape index (κ2) is 9.08. The number of carbonyl (C=O) groups is 2. The summed E-state index contributed by atoms with van der Waals surface area (Å²) in [5.41, 5.74) is 2.34. The van der Waals surface area contributed by atoms with Crippen molar-refractivity contribution in [2.24, 2.45) is 5.92 Å². The van der Waals surface area contributed by atoms with Gasteiger partial charge in [0.2, 0.25) is 11.8 Å². The minimum atomic E-state index is 0.0251. The Morgan fingerprint density at radius 2 is 1.79 bits per heavy atom. The Labute approximate surface area is 168 Å². The summed E-state index contributed by atoms with van der Waals surface area (Å²) < 4.78 is 0. The first kappa shape index (κ1) is 19.4. The van der Waals surface area contributed by atoms with Gasteiger partial charge >= 0.3 is 0 Å². The molecule has 1 aliphatic carbocycles. The monoisotopic (exact) mass is 383 g/mol.